The van der Waals surface area contributed by atoms with Gasteiger partial charge >= 0.3 is 6.09 Å². The fraction of sp³-hybridized carbons (Fsp3) is 0.650. The number of hydrogen-bond acceptors (Lipinski definition) is 4. The maximum Gasteiger partial charge on any atom is 0.415 e. The highest BCUT2D eigenvalue weighted by Crippen LogP contribution is 2.27. The van der Waals surface area contributed by atoms with Crippen molar-refractivity contribution in [2.75, 3.05) is 19.6 Å². The molecular weight excluding hydrogens is 335 g/mol. The lowest BCUT2D eigenvalue weighted by Gasteiger charge is -2.37. The molecule has 1 saturated heterocycles. The Morgan fingerprint density at radius 3 is 2.73 bits per heavy atom. The van der Waals surface area contributed by atoms with Gasteiger partial charge in [0, 0.05) is 12.6 Å². The molecule has 5 nitrogen and oxygen atoms in total. The number of hydrogen-bond donors (Lipinski definition) is 2. The molecule has 1 aromatic carbocycles. The lowest BCUT2D eigenvalue weighted by molar-refractivity contribution is 0.0629. The minimum absolute atomic E-state index is 0.0248. The Balaban J connectivity index is 1.71. The number of amides is 1. The van der Waals surface area contributed by atoms with Crippen LogP contribution in [0.1, 0.15) is 44.1 Å². The molecule has 1 saturated carbocycles. The van der Waals surface area contributed by atoms with Crippen molar-refractivity contribution < 1.29 is 19.0 Å². The SMILES string of the molecule is Cc1ccc(OC(=O)N(CC2CCCNC2)C2CCC(O)CC2)c(F)c1. The van der Waals surface area contributed by atoms with Gasteiger partial charge in [0.05, 0.1) is 6.10 Å². The van der Waals surface area contributed by atoms with Gasteiger partial charge in [-0.2, -0.15) is 0 Å². The average molecular weight is 364 g/mol. The van der Waals surface area contributed by atoms with Gasteiger partial charge in [-0.1, -0.05) is 6.07 Å². The highest BCUT2D eigenvalue weighted by atomic mass is 19.1. The lowest BCUT2D eigenvalue weighted by Crippen LogP contribution is -2.48. The van der Waals surface area contributed by atoms with Gasteiger partial charge in [0.1, 0.15) is 0 Å². The van der Waals surface area contributed by atoms with Gasteiger partial charge in [-0.25, -0.2) is 9.18 Å². The number of halogens is 1. The number of rotatable bonds is 4. The van der Waals surface area contributed by atoms with E-state index in [1.807, 2.05) is 0 Å². The third kappa shape index (κ3) is 4.95. The van der Waals surface area contributed by atoms with E-state index in [-0.39, 0.29) is 17.9 Å². The summed E-state index contributed by atoms with van der Waals surface area (Å²) in [6, 6.07) is 4.65. The first-order chi connectivity index (χ1) is 12.5. The number of carbonyl (C=O) groups excluding carboxylic acids is 1. The van der Waals surface area contributed by atoms with Crippen LogP contribution in [-0.4, -0.2) is 47.9 Å². The van der Waals surface area contributed by atoms with Gasteiger partial charge in [-0.3, -0.25) is 0 Å². The number of nitrogens with one attached hydrogen (secondary N) is 1. The summed E-state index contributed by atoms with van der Waals surface area (Å²) in [4.78, 5) is 14.6. The third-order valence-corrected chi connectivity index (χ3v) is 5.48. The van der Waals surface area contributed by atoms with Crippen LogP contribution in [0.5, 0.6) is 5.75 Å². The number of aliphatic hydroxyl groups excluding tert-OH is 1. The van der Waals surface area contributed by atoms with Crippen LogP contribution in [0.25, 0.3) is 0 Å². The first-order valence-electron chi connectivity index (χ1n) is 9.66. The van der Waals surface area contributed by atoms with Crippen molar-refractivity contribution in [2.24, 2.45) is 5.92 Å². The molecule has 0 spiro atoms. The van der Waals surface area contributed by atoms with Crippen molar-refractivity contribution in [1.82, 2.24) is 10.2 Å². The maximum atomic E-state index is 14.1. The Kier molecular flexibility index (Phi) is 6.48. The number of nitrogens with zero attached hydrogens (tertiary/aromatic N) is 1. The molecule has 26 heavy (non-hydrogen) atoms. The van der Waals surface area contributed by atoms with Crippen LogP contribution in [0.15, 0.2) is 18.2 Å². The highest BCUT2D eigenvalue weighted by molar-refractivity contribution is 5.71. The Hall–Kier alpha value is -1.66. The zero-order chi connectivity index (χ0) is 18.5. The molecule has 1 amide bonds. The molecule has 1 aromatic rings. The third-order valence-electron chi connectivity index (χ3n) is 5.48. The summed E-state index contributed by atoms with van der Waals surface area (Å²) in [6.07, 6.45) is 4.30. The fourth-order valence-electron chi connectivity index (χ4n) is 3.94. The second kappa shape index (κ2) is 8.82. The first-order valence-corrected chi connectivity index (χ1v) is 9.66. The van der Waals surface area contributed by atoms with E-state index in [9.17, 15) is 14.3 Å². The molecule has 1 aliphatic heterocycles. The Bertz CT molecular complexity index is 611. The van der Waals surface area contributed by atoms with Crippen LogP contribution < -0.4 is 10.1 Å². The zero-order valence-electron chi connectivity index (χ0n) is 15.4. The Labute approximate surface area is 154 Å². The van der Waals surface area contributed by atoms with Gasteiger partial charge in [0.15, 0.2) is 11.6 Å². The van der Waals surface area contributed by atoms with E-state index in [0.717, 1.165) is 44.3 Å². The number of carbonyl (C=O) groups is 1. The van der Waals surface area contributed by atoms with Gasteiger partial charge in [-0.05, 0) is 82.2 Å². The van der Waals surface area contributed by atoms with Gasteiger partial charge in [0.25, 0.3) is 0 Å². The summed E-state index contributed by atoms with van der Waals surface area (Å²) in [5, 5.41) is 13.1. The van der Waals surface area contributed by atoms with E-state index in [1.54, 1.807) is 17.9 Å². The van der Waals surface area contributed by atoms with Crippen LogP contribution in [0.3, 0.4) is 0 Å². The van der Waals surface area contributed by atoms with Gasteiger partial charge < -0.3 is 20.1 Å². The van der Waals surface area contributed by atoms with Crippen molar-refractivity contribution >= 4 is 6.09 Å². The van der Waals surface area contributed by atoms with Crippen molar-refractivity contribution in [3.63, 3.8) is 0 Å². The summed E-state index contributed by atoms with van der Waals surface area (Å²) in [7, 11) is 0. The number of aryl methyl sites for hydroxylation is 1. The summed E-state index contributed by atoms with van der Waals surface area (Å²) < 4.78 is 19.5. The second-order valence-corrected chi connectivity index (χ2v) is 7.63. The summed E-state index contributed by atoms with van der Waals surface area (Å²) in [6.45, 7) is 4.31. The fourth-order valence-corrected chi connectivity index (χ4v) is 3.94. The van der Waals surface area contributed by atoms with Crippen LogP contribution in [0.4, 0.5) is 9.18 Å². The van der Waals surface area contributed by atoms with E-state index < -0.39 is 11.9 Å². The molecule has 2 aliphatic rings. The van der Waals surface area contributed by atoms with E-state index in [4.69, 9.17) is 4.74 Å². The van der Waals surface area contributed by atoms with Crippen LogP contribution >= 0.6 is 0 Å². The van der Waals surface area contributed by atoms with Crippen LogP contribution in [-0.2, 0) is 0 Å². The largest absolute Gasteiger partial charge is 0.415 e. The van der Waals surface area contributed by atoms with Crippen LogP contribution in [0, 0.1) is 18.7 Å². The molecule has 0 radical (unpaired) electrons. The van der Waals surface area contributed by atoms with Crippen molar-refractivity contribution in [1.29, 1.82) is 0 Å². The van der Waals surface area contributed by atoms with E-state index in [1.165, 1.54) is 12.1 Å². The quantitative estimate of drug-likeness (QED) is 0.861. The van der Waals surface area contributed by atoms with Crippen molar-refractivity contribution in [2.45, 2.75) is 57.6 Å². The number of benzene rings is 1. The standard InChI is InChI=1S/C20H29FN2O3/c1-14-4-9-19(18(21)11-14)26-20(25)23(13-15-3-2-10-22-12-15)16-5-7-17(24)8-6-16/h4,9,11,15-17,22,24H,2-3,5-8,10,12-13H2,1H3. The van der Waals surface area contributed by atoms with Gasteiger partial charge in [-0.15, -0.1) is 0 Å². The molecule has 1 heterocycles. The zero-order valence-corrected chi connectivity index (χ0v) is 15.4. The van der Waals surface area contributed by atoms with Crippen LogP contribution in [0.2, 0.25) is 0 Å². The molecule has 0 aromatic heterocycles. The normalized spacial score (nSPS) is 26.3. The Morgan fingerprint density at radius 2 is 2.08 bits per heavy atom. The predicted molar refractivity (Wildman–Crippen MR) is 97.7 cm³/mol. The molecule has 6 heteroatoms. The lowest BCUT2D eigenvalue weighted by atomic mass is 9.90. The average Bonchev–Trinajstić information content (AvgIpc) is 2.64. The van der Waals surface area contributed by atoms with Crippen molar-refractivity contribution in [3.05, 3.63) is 29.6 Å². The topological polar surface area (TPSA) is 61.8 Å². The first kappa shape index (κ1) is 19.1. The number of piperidine rings is 1. The number of ether oxygens (including phenoxy) is 1. The number of aliphatic hydroxyl groups is 1. The van der Waals surface area contributed by atoms with E-state index >= 15 is 0 Å². The molecule has 0 bridgehead atoms. The Morgan fingerprint density at radius 1 is 1.31 bits per heavy atom. The summed E-state index contributed by atoms with van der Waals surface area (Å²) in [5.41, 5.74) is 0.786. The van der Waals surface area contributed by atoms with E-state index in [2.05, 4.69) is 5.32 Å². The molecule has 1 unspecified atom stereocenters. The molecular formula is C20H29FN2O3. The van der Waals surface area contributed by atoms with Gasteiger partial charge in [0.2, 0.25) is 0 Å². The molecule has 1 atom stereocenters. The minimum atomic E-state index is -0.517. The highest BCUT2D eigenvalue weighted by Gasteiger charge is 2.32. The van der Waals surface area contributed by atoms with E-state index in [0.29, 0.717) is 25.3 Å². The van der Waals surface area contributed by atoms with Crippen molar-refractivity contribution in [3.8, 4) is 5.75 Å². The minimum Gasteiger partial charge on any atom is -0.407 e. The second-order valence-electron chi connectivity index (χ2n) is 7.63. The summed E-state index contributed by atoms with van der Waals surface area (Å²) in [5.74, 6) is -0.161. The summed E-state index contributed by atoms with van der Waals surface area (Å²) >= 11 is 0. The smallest absolute Gasteiger partial charge is 0.407 e. The maximum absolute atomic E-state index is 14.1. The molecule has 2 fully saturated rings. The molecule has 3 rings (SSSR count). The monoisotopic (exact) mass is 364 g/mol. The molecule has 1 aliphatic carbocycles. The predicted octanol–water partition coefficient (Wildman–Crippen LogP) is 3.24. The molecule has 144 valence electrons. The molecule has 2 N–H and O–H groups in total.